The summed E-state index contributed by atoms with van der Waals surface area (Å²) in [5.41, 5.74) is -0.159. The topological polar surface area (TPSA) is 149 Å². The number of methoxy groups -OCH3 is 2. The van der Waals surface area contributed by atoms with Crippen molar-refractivity contribution in [2.24, 2.45) is 5.41 Å². The van der Waals surface area contributed by atoms with Crippen molar-refractivity contribution in [2.45, 2.75) is 71.3 Å². The number of hydrogen-bond acceptors (Lipinski definition) is 9. The zero-order valence-electron chi connectivity index (χ0n) is 24.9. The van der Waals surface area contributed by atoms with Crippen LogP contribution in [0.5, 0.6) is 5.88 Å². The summed E-state index contributed by atoms with van der Waals surface area (Å²) in [7, 11) is 3.09. The predicted octanol–water partition coefficient (Wildman–Crippen LogP) is 3.99. The Morgan fingerprint density at radius 1 is 1.23 bits per heavy atom. The zero-order chi connectivity index (χ0) is 32.7. The highest BCUT2D eigenvalue weighted by molar-refractivity contribution is 5.94. The van der Waals surface area contributed by atoms with Crippen molar-refractivity contribution >= 4 is 17.6 Å². The molecule has 1 aliphatic heterocycles. The first-order valence-electron chi connectivity index (χ1n) is 13.6. The van der Waals surface area contributed by atoms with E-state index in [4.69, 9.17) is 9.47 Å². The van der Waals surface area contributed by atoms with Crippen LogP contribution in [-0.2, 0) is 17.8 Å². The maximum Gasteiger partial charge on any atom is 0.393 e. The summed E-state index contributed by atoms with van der Waals surface area (Å²) in [5.74, 6) is -3.59. The van der Waals surface area contributed by atoms with E-state index in [1.54, 1.807) is 19.4 Å². The smallest absolute Gasteiger partial charge is 0.393 e. The highest BCUT2D eigenvalue weighted by Gasteiger charge is 2.45. The second-order valence-corrected chi connectivity index (χ2v) is 10.7. The van der Waals surface area contributed by atoms with Gasteiger partial charge in [-0.1, -0.05) is 20.8 Å². The Morgan fingerprint density at radius 2 is 1.93 bits per heavy atom. The van der Waals surface area contributed by atoms with Gasteiger partial charge < -0.3 is 25.0 Å². The largest absolute Gasteiger partial charge is 0.477 e. The Labute approximate surface area is 249 Å². The molecule has 18 heteroatoms. The molecule has 0 unspecified atom stereocenters. The number of carbonyl (C=O) groups excluding carboxylic acids is 2. The summed E-state index contributed by atoms with van der Waals surface area (Å²) >= 11 is 0. The van der Waals surface area contributed by atoms with Gasteiger partial charge in [0.2, 0.25) is 5.69 Å². The number of aromatic nitrogens is 5. The summed E-state index contributed by atoms with van der Waals surface area (Å²) in [6.45, 7) is 2.62. The lowest BCUT2D eigenvalue weighted by Crippen LogP contribution is -2.56. The molecule has 2 N–H and O–H groups in total. The Balaban J connectivity index is 0.000000312. The molecule has 0 spiro atoms. The molecule has 2 fully saturated rings. The molecule has 3 aromatic rings. The number of nitrogens with one attached hydrogen (secondary N) is 2. The van der Waals surface area contributed by atoms with Crippen molar-refractivity contribution in [2.75, 3.05) is 27.3 Å². The van der Waals surface area contributed by atoms with E-state index < -0.39 is 42.5 Å². The number of imidazole rings is 1. The van der Waals surface area contributed by atoms with Crippen LogP contribution < -0.4 is 15.4 Å². The molecule has 4 heterocycles. The summed E-state index contributed by atoms with van der Waals surface area (Å²) < 4.78 is 78.2. The van der Waals surface area contributed by atoms with Gasteiger partial charge in [-0.05, 0) is 41.2 Å². The minimum Gasteiger partial charge on any atom is -0.477 e. The minimum absolute atomic E-state index is 0.0389. The van der Waals surface area contributed by atoms with E-state index in [0.717, 1.165) is 4.90 Å². The first-order chi connectivity index (χ1) is 20.6. The molecule has 244 valence electrons. The van der Waals surface area contributed by atoms with Crippen molar-refractivity contribution in [1.82, 2.24) is 40.4 Å². The Bertz CT molecular complexity index is 1410. The van der Waals surface area contributed by atoms with E-state index in [9.17, 15) is 31.5 Å². The number of carbonyl (C=O) groups is 2. The molecule has 13 nitrogen and oxygen atoms in total. The Morgan fingerprint density at radius 3 is 2.48 bits per heavy atom. The average molecular weight is 635 g/mol. The Hall–Kier alpha value is -4.09. The SMILES string of the molecule is CCC(C)(C)C(F)(F)F.COC1CC1.COc1nonc1C(=O)NCc1cn2ncc(CN3CC(F)(F)CNC3=O)cc2n1. The molecular weight excluding hydrogens is 599 g/mol. The van der Waals surface area contributed by atoms with E-state index in [2.05, 4.69) is 35.7 Å². The number of rotatable bonds is 8. The average Bonchev–Trinajstić information content (AvgIpc) is 3.54. The number of halogens is 5. The first-order valence-corrected chi connectivity index (χ1v) is 13.6. The Kier molecular flexibility index (Phi) is 11.0. The van der Waals surface area contributed by atoms with Crippen LogP contribution in [0.1, 0.15) is 61.8 Å². The lowest BCUT2D eigenvalue weighted by molar-refractivity contribution is -0.212. The zero-order valence-corrected chi connectivity index (χ0v) is 24.9. The monoisotopic (exact) mass is 634 g/mol. The van der Waals surface area contributed by atoms with Crippen molar-refractivity contribution in [1.29, 1.82) is 0 Å². The van der Waals surface area contributed by atoms with Crippen LogP contribution in [0, 0.1) is 5.41 Å². The maximum absolute atomic E-state index is 13.5. The van der Waals surface area contributed by atoms with Crippen molar-refractivity contribution in [3.05, 3.63) is 35.4 Å². The second-order valence-electron chi connectivity index (χ2n) is 10.7. The molecule has 5 rings (SSSR count). The minimum atomic E-state index is -4.05. The van der Waals surface area contributed by atoms with Crippen LogP contribution in [0.15, 0.2) is 23.1 Å². The lowest BCUT2D eigenvalue weighted by atomic mass is 9.90. The van der Waals surface area contributed by atoms with E-state index >= 15 is 0 Å². The summed E-state index contributed by atoms with van der Waals surface area (Å²) in [6.07, 6.45) is 2.35. The van der Waals surface area contributed by atoms with Gasteiger partial charge in [0.05, 0.1) is 56.4 Å². The van der Waals surface area contributed by atoms with Gasteiger partial charge in [-0.15, -0.1) is 0 Å². The second kappa shape index (κ2) is 14.1. The number of alkyl halides is 5. The fraction of sp³-hybridized carbons (Fsp3) is 0.615. The third kappa shape index (κ3) is 9.45. The molecule has 3 aromatic heterocycles. The maximum atomic E-state index is 13.5. The van der Waals surface area contributed by atoms with Crippen LogP contribution in [0.25, 0.3) is 5.65 Å². The molecular formula is C26H35F5N8O5. The standard InChI is InChI=1S/C16H16F2N8O4.C6H11F3.C4H8O/c1-29-14-12(23-30-24-14)13(27)19-4-10-6-26-11(22-10)2-9(3-21-26)5-25-8-16(17,18)7-20-15(25)28;1-4-5(2,3)6(7,8)9;1-5-4-2-3-4/h2-3,6H,4-5,7-8H2,1H3,(H,19,27)(H,20,28);4H2,1-3H3;4H,2-3H2,1H3. The summed E-state index contributed by atoms with van der Waals surface area (Å²) in [5, 5.41) is 15.8. The van der Waals surface area contributed by atoms with Crippen LogP contribution in [0.2, 0.25) is 0 Å². The number of ether oxygens (including phenoxy) is 2. The van der Waals surface area contributed by atoms with Crippen LogP contribution in [-0.4, -0.2) is 87.3 Å². The van der Waals surface area contributed by atoms with Crippen molar-refractivity contribution in [3.8, 4) is 5.88 Å². The fourth-order valence-corrected chi connectivity index (χ4v) is 3.42. The van der Waals surface area contributed by atoms with Gasteiger partial charge in [0.25, 0.3) is 17.7 Å². The van der Waals surface area contributed by atoms with Gasteiger partial charge in [-0.3, -0.25) is 4.79 Å². The lowest BCUT2D eigenvalue weighted by Gasteiger charge is -2.32. The van der Waals surface area contributed by atoms with E-state index in [1.165, 1.54) is 51.4 Å². The fourth-order valence-electron chi connectivity index (χ4n) is 3.42. The molecule has 0 bridgehead atoms. The van der Waals surface area contributed by atoms with Crippen LogP contribution in [0.3, 0.4) is 0 Å². The third-order valence-corrected chi connectivity index (χ3v) is 6.81. The highest BCUT2D eigenvalue weighted by atomic mass is 19.4. The molecule has 44 heavy (non-hydrogen) atoms. The highest BCUT2D eigenvalue weighted by Crippen LogP contribution is 2.39. The molecule has 0 radical (unpaired) electrons. The predicted molar refractivity (Wildman–Crippen MR) is 144 cm³/mol. The molecule has 0 aromatic carbocycles. The van der Waals surface area contributed by atoms with Gasteiger partial charge in [-0.2, -0.15) is 18.3 Å². The van der Waals surface area contributed by atoms with Crippen molar-refractivity contribution < 1.29 is 45.6 Å². The first kappa shape index (κ1) is 34.4. The van der Waals surface area contributed by atoms with Gasteiger partial charge in [0, 0.05) is 13.7 Å². The van der Waals surface area contributed by atoms with Crippen molar-refractivity contribution in [3.63, 3.8) is 0 Å². The molecule has 3 amide bonds. The number of nitrogens with zero attached hydrogens (tertiary/aromatic N) is 6. The summed E-state index contributed by atoms with van der Waals surface area (Å²) in [4.78, 5) is 29.3. The van der Waals surface area contributed by atoms with Gasteiger partial charge >= 0.3 is 12.2 Å². The molecule has 0 atom stereocenters. The number of urea groups is 1. The third-order valence-electron chi connectivity index (χ3n) is 6.81. The summed E-state index contributed by atoms with van der Waals surface area (Å²) in [6, 6.07) is 1.06. The molecule has 1 saturated heterocycles. The van der Waals surface area contributed by atoms with Gasteiger partial charge in [-0.25, -0.2) is 27.7 Å². The van der Waals surface area contributed by atoms with Crippen LogP contribution >= 0.6 is 0 Å². The quantitative estimate of drug-likeness (QED) is 0.351. The van der Waals surface area contributed by atoms with Gasteiger partial charge in [0.1, 0.15) is 0 Å². The van der Waals surface area contributed by atoms with E-state index in [-0.39, 0.29) is 31.1 Å². The number of fused-ring (bicyclic) bond motifs is 1. The molecule has 2 aliphatic rings. The number of hydrogen-bond donors (Lipinski definition) is 2. The normalized spacial score (nSPS) is 16.3. The van der Waals surface area contributed by atoms with E-state index in [1.807, 2.05) is 0 Å². The van der Waals surface area contributed by atoms with E-state index in [0.29, 0.717) is 23.0 Å². The number of amides is 3. The van der Waals surface area contributed by atoms with Gasteiger partial charge in [0.15, 0.2) is 5.65 Å². The molecule has 1 saturated carbocycles. The molecule has 1 aliphatic carbocycles. The van der Waals surface area contributed by atoms with Crippen LogP contribution in [0.4, 0.5) is 26.7 Å².